The maximum atomic E-state index is 4.52. The van der Waals surface area contributed by atoms with Crippen LogP contribution in [-0.4, -0.2) is 17.4 Å². The summed E-state index contributed by atoms with van der Waals surface area (Å²) in [6.45, 7) is 9.28. The predicted octanol–water partition coefficient (Wildman–Crippen LogP) is 9.14. The summed E-state index contributed by atoms with van der Waals surface area (Å²) in [6, 6.07) is 33.9. The second-order valence-corrected chi connectivity index (χ2v) is 11.1. The van der Waals surface area contributed by atoms with Crippen LogP contribution in [0.4, 0.5) is 5.69 Å². The third-order valence-electron chi connectivity index (χ3n) is 7.78. The van der Waals surface area contributed by atoms with Gasteiger partial charge >= 0.3 is 0 Å². The van der Waals surface area contributed by atoms with E-state index in [2.05, 4.69) is 153 Å². The van der Waals surface area contributed by atoms with Gasteiger partial charge in [-0.1, -0.05) is 154 Å². The zero-order valence-electron chi connectivity index (χ0n) is 24.0. The van der Waals surface area contributed by atoms with Crippen molar-refractivity contribution >= 4 is 45.8 Å². The third kappa shape index (κ3) is 5.76. The number of fused-ring (bicyclic) bond motifs is 4. The average Bonchev–Trinajstić information content (AvgIpc) is 3.59. The molecular weight excluding hydrogens is 680 g/mol. The zero-order chi connectivity index (χ0) is 27.6. The number of para-hydroxylation sites is 3. The van der Waals surface area contributed by atoms with Gasteiger partial charge in [-0.3, -0.25) is 0 Å². The first-order valence-electron chi connectivity index (χ1n) is 14.2. The second kappa shape index (κ2) is 12.5. The Morgan fingerprint density at radius 1 is 0.683 bits per heavy atom. The van der Waals surface area contributed by atoms with Gasteiger partial charge in [-0.15, -0.1) is 11.0 Å². The molecule has 3 heterocycles. The normalized spacial score (nSPS) is 13.9. The molecule has 0 bridgehead atoms. The zero-order valence-corrected chi connectivity index (χ0v) is 26.1. The van der Waals surface area contributed by atoms with Crippen molar-refractivity contribution < 1.29 is 27.0 Å². The van der Waals surface area contributed by atoms with Crippen molar-refractivity contribution in [2.45, 2.75) is 39.5 Å². The summed E-state index contributed by atoms with van der Waals surface area (Å²) in [4.78, 5) is 4.52. The van der Waals surface area contributed by atoms with Crippen LogP contribution in [0.3, 0.4) is 0 Å². The van der Waals surface area contributed by atoms with Crippen LogP contribution in [0, 0.1) is 0 Å². The molecule has 2 aliphatic rings. The van der Waals surface area contributed by atoms with E-state index in [1.165, 1.54) is 44.1 Å². The van der Waals surface area contributed by atoms with E-state index in [0.29, 0.717) is 11.8 Å². The molecule has 1 aromatic heterocycles. The molecule has 7 rings (SSSR count). The summed E-state index contributed by atoms with van der Waals surface area (Å²) in [5.41, 5.74) is 10.2. The van der Waals surface area contributed by atoms with E-state index in [1.54, 1.807) is 0 Å². The molecule has 0 aliphatic carbocycles. The van der Waals surface area contributed by atoms with Gasteiger partial charge in [0, 0.05) is 22.4 Å². The molecule has 2 aliphatic heterocycles. The van der Waals surface area contributed by atoms with Gasteiger partial charge in [0.25, 0.3) is 0 Å². The molecule has 0 amide bonds. The van der Waals surface area contributed by atoms with Crippen LogP contribution in [0.1, 0.15) is 56.2 Å². The number of nitrogens with zero attached hydrogens (tertiary/aromatic N) is 2. The molecule has 4 heteroatoms. The molecule has 41 heavy (non-hydrogen) atoms. The maximum absolute atomic E-state index is 4.52. The number of allylic oxidation sites excluding steroid dienone is 4. The van der Waals surface area contributed by atoms with Gasteiger partial charge in [-0.25, -0.2) is 0 Å². The monoisotopic (exact) mass is 714 g/mol. The van der Waals surface area contributed by atoms with E-state index in [-0.39, 0.29) is 29.1 Å². The second-order valence-electron chi connectivity index (χ2n) is 11.1. The van der Waals surface area contributed by atoms with E-state index in [4.69, 9.17) is 0 Å². The first kappa shape index (κ1) is 28.9. The average molecular weight is 714 g/mol. The standard InChI is InChI=1S/C25H26BN.C12H8N.Au/c1-18(2)22-13-9-14-23(19(3)4)25(22)27-16-21-12-8-15-24(26(21)17-27)20-10-6-5-7-11-20;1-3-7-11-9(5-1)10-6-2-4-8-12(10)13-11;/h5-16,18-19H,1-4H3;1-8H;/q;-1;. The molecule has 0 saturated heterocycles. The summed E-state index contributed by atoms with van der Waals surface area (Å²) in [5.74, 6) is 0.947. The third-order valence-corrected chi connectivity index (χ3v) is 7.78. The molecule has 0 spiro atoms. The van der Waals surface area contributed by atoms with Gasteiger partial charge < -0.3 is 9.56 Å². The van der Waals surface area contributed by atoms with Crippen LogP contribution >= 0.6 is 0 Å². The molecule has 1 radical (unpaired) electrons. The maximum Gasteiger partial charge on any atom is 0.238 e. The van der Waals surface area contributed by atoms with E-state index in [9.17, 15) is 0 Å². The smallest absolute Gasteiger partial charge is 0.238 e. The molecule has 0 N–H and O–H groups in total. The summed E-state index contributed by atoms with van der Waals surface area (Å²) in [5, 5.41) is 2.50. The van der Waals surface area contributed by atoms with E-state index >= 15 is 0 Å². The fourth-order valence-corrected chi connectivity index (χ4v) is 5.76. The molecule has 0 unspecified atom stereocenters. The molecule has 4 aromatic carbocycles. The Morgan fingerprint density at radius 3 is 1.83 bits per heavy atom. The molecule has 0 saturated carbocycles. The Balaban J connectivity index is 0.000000201. The number of benzene rings is 4. The van der Waals surface area contributed by atoms with Gasteiger partial charge in [0.1, 0.15) is 5.69 Å². The van der Waals surface area contributed by atoms with Crippen molar-refractivity contribution in [3.05, 3.63) is 144 Å². The Hall–Kier alpha value is -3.62. The van der Waals surface area contributed by atoms with Crippen molar-refractivity contribution in [3.8, 4) is 0 Å². The van der Waals surface area contributed by atoms with Gasteiger partial charge in [-0.2, -0.15) is 0 Å². The molecule has 2 nitrogen and oxygen atoms in total. The first-order chi connectivity index (χ1) is 19.5. The fraction of sp³-hybridized carbons (Fsp3) is 0.162. The van der Waals surface area contributed by atoms with Crippen LogP contribution in [-0.2, 0) is 22.4 Å². The minimum absolute atomic E-state index is 0. The van der Waals surface area contributed by atoms with Crippen molar-refractivity contribution in [2.75, 3.05) is 0 Å². The van der Waals surface area contributed by atoms with Crippen LogP contribution in [0.15, 0.2) is 127 Å². The van der Waals surface area contributed by atoms with Gasteiger partial charge in [-0.05, 0) is 39.3 Å². The first-order valence-corrected chi connectivity index (χ1v) is 14.2. The van der Waals surface area contributed by atoms with Gasteiger partial charge in [0.2, 0.25) is 6.71 Å². The quantitative estimate of drug-likeness (QED) is 0.103. The Labute approximate surface area is 259 Å². The molecule has 5 aromatic rings. The topological polar surface area (TPSA) is 17.1 Å². The molecule has 0 atom stereocenters. The predicted molar refractivity (Wildman–Crippen MR) is 172 cm³/mol. The Morgan fingerprint density at radius 2 is 1.24 bits per heavy atom. The van der Waals surface area contributed by atoms with Crippen molar-refractivity contribution in [1.82, 2.24) is 4.98 Å². The van der Waals surface area contributed by atoms with E-state index in [1.807, 2.05) is 12.1 Å². The summed E-state index contributed by atoms with van der Waals surface area (Å²) >= 11 is 0. The molecule has 0 fully saturated rings. The number of aromatic nitrogens is 1. The van der Waals surface area contributed by atoms with E-state index in [0.717, 1.165) is 11.0 Å². The summed E-state index contributed by atoms with van der Waals surface area (Å²) in [6.07, 6.45) is 12.6. The number of hydrogen-bond donors (Lipinski definition) is 0. The van der Waals surface area contributed by atoms with Crippen LogP contribution < -0.4 is 4.98 Å². The largest absolute Gasteiger partial charge is 0.657 e. The molecule has 207 valence electrons. The minimum atomic E-state index is 0. The Kier molecular flexibility index (Phi) is 8.80. The van der Waals surface area contributed by atoms with Gasteiger partial charge in [0.05, 0.1) is 12.3 Å². The summed E-state index contributed by atoms with van der Waals surface area (Å²) in [7, 11) is 0. The van der Waals surface area contributed by atoms with Crippen molar-refractivity contribution in [3.63, 3.8) is 0 Å². The minimum Gasteiger partial charge on any atom is -0.657 e. The summed E-state index contributed by atoms with van der Waals surface area (Å²) < 4.78 is 2.26. The number of hydrogen-bond acceptors (Lipinski definition) is 0. The number of rotatable bonds is 4. The fourth-order valence-electron chi connectivity index (χ4n) is 5.76. The van der Waals surface area contributed by atoms with E-state index < -0.39 is 0 Å². The van der Waals surface area contributed by atoms with Crippen LogP contribution in [0.5, 0.6) is 0 Å². The Bertz CT molecular complexity index is 1730. The molecular formula is C37H34AuBN2-. The van der Waals surface area contributed by atoms with Crippen LogP contribution in [0.25, 0.3) is 27.3 Å². The van der Waals surface area contributed by atoms with Crippen molar-refractivity contribution in [2.24, 2.45) is 0 Å². The van der Waals surface area contributed by atoms with Crippen molar-refractivity contribution in [1.29, 1.82) is 0 Å². The van der Waals surface area contributed by atoms with Crippen LogP contribution in [0.2, 0.25) is 0 Å². The SMILES string of the molecule is CC(C)c1cccc(C(C)C)c1[N+]1=[C-]B2C(=C1)C=CC=C2c1ccccc1.[Au].c1ccc2c(c1)[n-]c1ccccc12. The van der Waals surface area contributed by atoms with Gasteiger partial charge in [0.15, 0.2) is 0 Å².